The lowest BCUT2D eigenvalue weighted by molar-refractivity contribution is 0.372. The van der Waals surface area contributed by atoms with Crippen LogP contribution in [0, 0.1) is 6.92 Å². The van der Waals surface area contributed by atoms with Crippen molar-refractivity contribution in [2.24, 2.45) is 5.73 Å². The van der Waals surface area contributed by atoms with Crippen molar-refractivity contribution in [3.05, 3.63) is 35.5 Å². The highest BCUT2D eigenvalue weighted by atomic mass is 16.5. The predicted molar refractivity (Wildman–Crippen MR) is 78.8 cm³/mol. The Morgan fingerprint density at radius 3 is 2.60 bits per heavy atom. The maximum absolute atomic E-state index is 5.59. The van der Waals surface area contributed by atoms with Gasteiger partial charge in [-0.3, -0.25) is 0 Å². The fraction of sp³-hybridized carbons (Fsp3) is 0.400. The standard InChI is InChI=1S/C15H21N3O2/c1-11-12(7-6-10-16)15(20-3)18(17-11)13-8-4-5-9-14(13)19-2/h4-5,8-9H,6-7,10,16H2,1-3H3. The third-order valence-electron chi connectivity index (χ3n) is 3.27. The van der Waals surface area contributed by atoms with E-state index in [9.17, 15) is 0 Å². The maximum atomic E-state index is 5.59. The van der Waals surface area contributed by atoms with E-state index in [0.29, 0.717) is 6.54 Å². The topological polar surface area (TPSA) is 62.3 Å². The van der Waals surface area contributed by atoms with Gasteiger partial charge >= 0.3 is 0 Å². The zero-order valence-corrected chi connectivity index (χ0v) is 12.2. The number of nitrogens with two attached hydrogens (primary N) is 1. The Balaban J connectivity index is 2.51. The van der Waals surface area contributed by atoms with Gasteiger partial charge in [-0.25, -0.2) is 0 Å². The van der Waals surface area contributed by atoms with E-state index in [-0.39, 0.29) is 0 Å². The van der Waals surface area contributed by atoms with Crippen LogP contribution < -0.4 is 15.2 Å². The van der Waals surface area contributed by atoms with Crippen molar-refractivity contribution in [3.8, 4) is 17.3 Å². The van der Waals surface area contributed by atoms with Gasteiger partial charge in [0.15, 0.2) is 0 Å². The summed E-state index contributed by atoms with van der Waals surface area (Å²) >= 11 is 0. The number of rotatable bonds is 6. The van der Waals surface area contributed by atoms with Crippen molar-refractivity contribution in [1.82, 2.24) is 9.78 Å². The minimum absolute atomic E-state index is 0.655. The molecule has 0 unspecified atom stereocenters. The lowest BCUT2D eigenvalue weighted by atomic mass is 10.1. The number of hydrogen-bond acceptors (Lipinski definition) is 4. The molecule has 0 aliphatic carbocycles. The zero-order valence-electron chi connectivity index (χ0n) is 12.2. The Kier molecular flexibility index (Phi) is 4.63. The molecule has 2 aromatic rings. The van der Waals surface area contributed by atoms with Crippen LogP contribution in [0.3, 0.4) is 0 Å². The minimum atomic E-state index is 0.655. The van der Waals surface area contributed by atoms with E-state index in [2.05, 4.69) is 5.10 Å². The maximum Gasteiger partial charge on any atom is 0.220 e. The highest BCUT2D eigenvalue weighted by Crippen LogP contribution is 2.31. The van der Waals surface area contributed by atoms with E-state index in [0.717, 1.165) is 41.4 Å². The molecule has 5 nitrogen and oxygen atoms in total. The van der Waals surface area contributed by atoms with Gasteiger partial charge in [0.05, 0.1) is 19.9 Å². The summed E-state index contributed by atoms with van der Waals surface area (Å²) in [4.78, 5) is 0. The lowest BCUT2D eigenvalue weighted by Gasteiger charge is -2.11. The molecule has 5 heteroatoms. The highest BCUT2D eigenvalue weighted by molar-refractivity contribution is 5.50. The van der Waals surface area contributed by atoms with Gasteiger partial charge in [0.2, 0.25) is 5.88 Å². The van der Waals surface area contributed by atoms with Gasteiger partial charge in [-0.1, -0.05) is 12.1 Å². The van der Waals surface area contributed by atoms with Crippen molar-refractivity contribution >= 4 is 0 Å². The molecule has 108 valence electrons. The second kappa shape index (κ2) is 6.43. The van der Waals surface area contributed by atoms with Gasteiger partial charge in [-0.2, -0.15) is 9.78 Å². The Hall–Kier alpha value is -2.01. The van der Waals surface area contributed by atoms with E-state index in [4.69, 9.17) is 15.2 Å². The van der Waals surface area contributed by atoms with Crippen LogP contribution in [0.15, 0.2) is 24.3 Å². The molecule has 20 heavy (non-hydrogen) atoms. The first-order valence-electron chi connectivity index (χ1n) is 6.68. The quantitative estimate of drug-likeness (QED) is 0.877. The average Bonchev–Trinajstić information content (AvgIpc) is 2.80. The fourth-order valence-corrected chi connectivity index (χ4v) is 2.28. The number of nitrogens with zero attached hydrogens (tertiary/aromatic N) is 2. The number of methoxy groups -OCH3 is 2. The molecule has 0 saturated carbocycles. The Morgan fingerprint density at radius 2 is 1.95 bits per heavy atom. The molecule has 2 rings (SSSR count). The monoisotopic (exact) mass is 275 g/mol. The van der Waals surface area contributed by atoms with Crippen molar-refractivity contribution < 1.29 is 9.47 Å². The third kappa shape index (κ3) is 2.63. The van der Waals surface area contributed by atoms with Crippen LogP contribution in [0.1, 0.15) is 17.7 Å². The molecular weight excluding hydrogens is 254 g/mol. The largest absolute Gasteiger partial charge is 0.494 e. The van der Waals surface area contributed by atoms with Crippen LogP contribution in [0.25, 0.3) is 5.69 Å². The molecule has 0 fully saturated rings. The molecule has 0 bridgehead atoms. The van der Waals surface area contributed by atoms with Crippen molar-refractivity contribution in [2.45, 2.75) is 19.8 Å². The lowest BCUT2D eigenvalue weighted by Crippen LogP contribution is -2.04. The normalized spacial score (nSPS) is 10.6. The number of para-hydroxylation sites is 2. The van der Waals surface area contributed by atoms with Crippen molar-refractivity contribution in [3.63, 3.8) is 0 Å². The Bertz CT molecular complexity index is 578. The summed E-state index contributed by atoms with van der Waals surface area (Å²) in [6.45, 7) is 2.64. The third-order valence-corrected chi connectivity index (χ3v) is 3.27. The van der Waals surface area contributed by atoms with Crippen LogP contribution in [0.2, 0.25) is 0 Å². The number of ether oxygens (including phenoxy) is 2. The molecule has 1 heterocycles. The molecule has 0 atom stereocenters. The van der Waals surface area contributed by atoms with E-state index < -0.39 is 0 Å². The van der Waals surface area contributed by atoms with Crippen LogP contribution in [0.4, 0.5) is 0 Å². The molecule has 0 saturated heterocycles. The Labute approximate surface area is 119 Å². The number of aryl methyl sites for hydroxylation is 1. The first-order chi connectivity index (χ1) is 9.72. The number of aromatic nitrogens is 2. The molecule has 0 aliphatic heterocycles. The summed E-state index contributed by atoms with van der Waals surface area (Å²) in [5.41, 5.74) is 8.52. The minimum Gasteiger partial charge on any atom is -0.494 e. The molecule has 1 aromatic heterocycles. The van der Waals surface area contributed by atoms with Crippen LogP contribution in [0.5, 0.6) is 11.6 Å². The summed E-state index contributed by atoms with van der Waals surface area (Å²) in [5, 5.41) is 4.58. The molecule has 2 N–H and O–H groups in total. The summed E-state index contributed by atoms with van der Waals surface area (Å²) < 4.78 is 12.7. The second-order valence-electron chi connectivity index (χ2n) is 4.55. The highest BCUT2D eigenvalue weighted by Gasteiger charge is 2.18. The fourth-order valence-electron chi connectivity index (χ4n) is 2.28. The number of benzene rings is 1. The molecule has 0 amide bonds. The first-order valence-corrected chi connectivity index (χ1v) is 6.68. The van der Waals surface area contributed by atoms with Gasteiger partial charge in [0.1, 0.15) is 11.4 Å². The summed E-state index contributed by atoms with van der Waals surface area (Å²) in [7, 11) is 3.31. The van der Waals surface area contributed by atoms with E-state index >= 15 is 0 Å². The van der Waals surface area contributed by atoms with Crippen LogP contribution in [-0.4, -0.2) is 30.5 Å². The van der Waals surface area contributed by atoms with Gasteiger partial charge in [0, 0.05) is 5.56 Å². The smallest absolute Gasteiger partial charge is 0.220 e. The molecule has 0 spiro atoms. The second-order valence-corrected chi connectivity index (χ2v) is 4.55. The molecule has 0 radical (unpaired) electrons. The van der Waals surface area contributed by atoms with Crippen molar-refractivity contribution in [1.29, 1.82) is 0 Å². The summed E-state index contributed by atoms with van der Waals surface area (Å²) in [5.74, 6) is 1.51. The van der Waals surface area contributed by atoms with Gasteiger partial charge in [-0.05, 0) is 38.4 Å². The SMILES string of the molecule is COc1ccccc1-n1nc(C)c(CCCN)c1OC. The molecule has 1 aromatic carbocycles. The van der Waals surface area contributed by atoms with Gasteiger partial charge < -0.3 is 15.2 Å². The van der Waals surface area contributed by atoms with Crippen molar-refractivity contribution in [2.75, 3.05) is 20.8 Å². The summed E-state index contributed by atoms with van der Waals surface area (Å²) in [6, 6.07) is 7.75. The van der Waals surface area contributed by atoms with Gasteiger partial charge in [0.25, 0.3) is 0 Å². The first kappa shape index (κ1) is 14.4. The van der Waals surface area contributed by atoms with E-state index in [1.54, 1.807) is 18.9 Å². The molecular formula is C15H21N3O2. The molecule has 0 aliphatic rings. The Morgan fingerprint density at radius 1 is 1.20 bits per heavy atom. The summed E-state index contributed by atoms with van der Waals surface area (Å²) in [6.07, 6.45) is 1.77. The zero-order chi connectivity index (χ0) is 14.5. The van der Waals surface area contributed by atoms with E-state index in [1.807, 2.05) is 31.2 Å². The van der Waals surface area contributed by atoms with Gasteiger partial charge in [-0.15, -0.1) is 0 Å². The average molecular weight is 275 g/mol. The van der Waals surface area contributed by atoms with Crippen LogP contribution >= 0.6 is 0 Å². The number of hydrogen-bond donors (Lipinski definition) is 1. The van der Waals surface area contributed by atoms with E-state index in [1.165, 1.54) is 0 Å². The predicted octanol–water partition coefficient (Wildman–Crippen LogP) is 2.09. The van der Waals surface area contributed by atoms with Crippen LogP contribution in [-0.2, 0) is 6.42 Å².